The Balaban J connectivity index is 1.05. The zero-order chi connectivity index (χ0) is 39.0. The average Bonchev–Trinajstić information content (AvgIpc) is 3.80. The van der Waals surface area contributed by atoms with Gasteiger partial charge >= 0.3 is 0 Å². The topological polar surface area (TPSA) is 8.77 Å². The van der Waals surface area contributed by atoms with Gasteiger partial charge in [0.15, 0.2) is 5.69 Å². The smallest absolute Gasteiger partial charge is 0.187 e. The minimum absolute atomic E-state index is 0.650. The van der Waals surface area contributed by atoms with Gasteiger partial charge in [-0.1, -0.05) is 158 Å². The summed E-state index contributed by atoms with van der Waals surface area (Å²) in [4.78, 5) is 3.65. The van der Waals surface area contributed by atoms with Crippen LogP contribution in [0.5, 0.6) is 0 Å². The van der Waals surface area contributed by atoms with Crippen molar-refractivity contribution in [3.8, 4) is 55.6 Å². The molecule has 0 spiro atoms. The van der Waals surface area contributed by atoms with Crippen molar-refractivity contribution < 1.29 is 0 Å². The number of hydrogen-bond acceptors (Lipinski definition) is 0. The van der Waals surface area contributed by atoms with E-state index in [9.17, 15) is 0 Å². The number of benzene rings is 10. The van der Waals surface area contributed by atoms with E-state index < -0.39 is 0 Å². The first-order valence-electron chi connectivity index (χ1n) is 20.1. The molecule has 12 rings (SSSR count). The van der Waals surface area contributed by atoms with E-state index >= 15 is 0 Å². The van der Waals surface area contributed by atoms with Gasteiger partial charge < -0.3 is 4.40 Å². The predicted molar refractivity (Wildman–Crippen MR) is 250 cm³/mol. The molecule has 0 unspecified atom stereocenters. The predicted octanol–water partition coefficient (Wildman–Crippen LogP) is 16.0. The summed E-state index contributed by atoms with van der Waals surface area (Å²) in [5.74, 6) is 0. The normalized spacial score (nSPS) is 11.7. The van der Waals surface area contributed by atoms with E-state index in [2.05, 4.69) is 203 Å². The summed E-state index contributed by atoms with van der Waals surface area (Å²) in [6, 6.07) is 74.9. The Morgan fingerprint density at radius 2 is 0.661 bits per heavy atom. The first-order chi connectivity index (χ1) is 29.1. The Morgan fingerprint density at radius 3 is 1.10 bits per heavy atom. The molecule has 0 radical (unpaired) electrons. The van der Waals surface area contributed by atoms with Crippen LogP contribution in [0.4, 0.5) is 5.69 Å². The second kappa shape index (κ2) is 13.0. The Hall–Kier alpha value is -7.99. The lowest BCUT2D eigenvalue weighted by Crippen LogP contribution is -1.85. The van der Waals surface area contributed by atoms with E-state index in [4.69, 9.17) is 6.57 Å². The molecule has 0 fully saturated rings. The molecule has 0 aliphatic carbocycles. The summed E-state index contributed by atoms with van der Waals surface area (Å²) in [6.45, 7) is 7.51. The molecular formula is C57H34N2. The maximum Gasteiger partial charge on any atom is 0.187 e. The van der Waals surface area contributed by atoms with Crippen molar-refractivity contribution in [3.63, 3.8) is 0 Å². The van der Waals surface area contributed by atoms with Gasteiger partial charge in [-0.2, -0.15) is 0 Å². The molecular weight excluding hydrogens is 713 g/mol. The van der Waals surface area contributed by atoms with Crippen LogP contribution in [0.1, 0.15) is 0 Å². The maximum atomic E-state index is 7.51. The summed E-state index contributed by atoms with van der Waals surface area (Å²) in [6.07, 6.45) is 0. The second-order valence-electron chi connectivity index (χ2n) is 15.7. The summed E-state index contributed by atoms with van der Waals surface area (Å²) in [7, 11) is 0. The fourth-order valence-corrected chi connectivity index (χ4v) is 9.26. The molecule has 0 N–H and O–H groups in total. The van der Waals surface area contributed by atoms with Crippen molar-refractivity contribution in [2.45, 2.75) is 0 Å². The largest absolute Gasteiger partial charge is 0.308 e. The fourth-order valence-electron chi connectivity index (χ4n) is 9.26. The van der Waals surface area contributed by atoms with Gasteiger partial charge in [-0.15, -0.1) is 0 Å². The van der Waals surface area contributed by atoms with E-state index in [-0.39, 0.29) is 0 Å². The van der Waals surface area contributed by atoms with Crippen molar-refractivity contribution in [1.29, 1.82) is 0 Å². The van der Waals surface area contributed by atoms with E-state index in [0.29, 0.717) is 5.69 Å². The Morgan fingerprint density at radius 1 is 0.288 bits per heavy atom. The van der Waals surface area contributed by atoms with Crippen LogP contribution in [0, 0.1) is 6.57 Å². The third-order valence-corrected chi connectivity index (χ3v) is 12.3. The fraction of sp³-hybridized carbons (Fsp3) is 0. The highest BCUT2D eigenvalue weighted by Gasteiger charge is 2.21. The molecule has 0 atom stereocenters. The lowest BCUT2D eigenvalue weighted by Gasteiger charge is -2.09. The van der Waals surface area contributed by atoms with Gasteiger partial charge in [0.2, 0.25) is 0 Å². The number of nitrogens with zero attached hydrogens (tertiary/aromatic N) is 2. The quantitative estimate of drug-likeness (QED) is 0.155. The number of rotatable bonds is 5. The average molecular weight is 747 g/mol. The van der Waals surface area contributed by atoms with E-state index in [1.54, 1.807) is 0 Å². The first-order valence-corrected chi connectivity index (χ1v) is 20.1. The summed E-state index contributed by atoms with van der Waals surface area (Å²) in [5.41, 5.74) is 16.3. The lowest BCUT2D eigenvalue weighted by atomic mass is 9.95. The number of fused-ring (bicyclic) bond motifs is 8. The zero-order valence-electron chi connectivity index (χ0n) is 32.0. The van der Waals surface area contributed by atoms with Gasteiger partial charge in [-0.25, -0.2) is 4.85 Å². The molecule has 2 nitrogen and oxygen atoms in total. The van der Waals surface area contributed by atoms with Crippen LogP contribution in [0.25, 0.3) is 120 Å². The third-order valence-electron chi connectivity index (χ3n) is 12.3. The van der Waals surface area contributed by atoms with Crippen molar-refractivity contribution in [3.05, 3.63) is 218 Å². The summed E-state index contributed by atoms with van der Waals surface area (Å²) in [5, 5.41) is 9.83. The Labute approximate surface area is 341 Å². The van der Waals surface area contributed by atoms with Crippen LogP contribution in [-0.2, 0) is 0 Å². The Bertz CT molecular complexity index is 3400. The molecule has 0 aliphatic heterocycles. The van der Waals surface area contributed by atoms with Gasteiger partial charge in [0, 0.05) is 21.5 Å². The number of aromatic nitrogens is 1. The van der Waals surface area contributed by atoms with E-state index in [1.165, 1.54) is 104 Å². The van der Waals surface area contributed by atoms with Gasteiger partial charge in [-0.05, 0) is 126 Å². The van der Waals surface area contributed by atoms with Crippen LogP contribution < -0.4 is 0 Å². The first kappa shape index (κ1) is 33.2. The van der Waals surface area contributed by atoms with E-state index in [1.807, 2.05) is 12.1 Å². The van der Waals surface area contributed by atoms with E-state index in [0.717, 1.165) is 11.1 Å². The zero-order valence-corrected chi connectivity index (χ0v) is 32.0. The van der Waals surface area contributed by atoms with Gasteiger partial charge in [-0.3, -0.25) is 0 Å². The van der Waals surface area contributed by atoms with Crippen LogP contribution in [0.3, 0.4) is 0 Å². The van der Waals surface area contributed by atoms with Crippen molar-refractivity contribution in [2.24, 2.45) is 0 Å². The molecule has 0 bridgehead atoms. The highest BCUT2D eigenvalue weighted by Crippen LogP contribution is 2.44. The highest BCUT2D eigenvalue weighted by atomic mass is 14.9. The Kier molecular flexibility index (Phi) is 7.33. The minimum atomic E-state index is 0.650. The molecule has 59 heavy (non-hydrogen) atoms. The molecule has 2 heteroatoms. The van der Waals surface area contributed by atoms with Gasteiger partial charge in [0.05, 0.1) is 23.1 Å². The summed E-state index contributed by atoms with van der Waals surface area (Å²) < 4.78 is 2.50. The molecule has 0 saturated carbocycles. The lowest BCUT2D eigenvalue weighted by molar-refractivity contribution is 1.38. The highest BCUT2D eigenvalue weighted by molar-refractivity contribution is 6.27. The standard InChI is InChI=1S/C57H34N2/c1-58-50-26-24-42(25-27-50)49-32-53-51-30-45-22-20-43(40-16-12-38(13-17-40)36-8-4-2-5-9-36)28-47(45)34-55(51)59-56-35-48-29-44(21-23-46(48)31-52(56)54(33-49)57(53)59)41-18-14-39(15-19-41)37-10-6-3-7-11-37/h2-35H. The SMILES string of the molecule is [C-]#[N+]c1ccc(-c2cc3c4cc5ccc(-c6ccc(-c7ccccc7)cc6)cc5cc4n4c5cc6cc(-c7ccc(-c8ccccc8)cc7)ccc6cc5c(c2)c34)cc1. The van der Waals surface area contributed by atoms with Crippen LogP contribution in [0.2, 0.25) is 0 Å². The summed E-state index contributed by atoms with van der Waals surface area (Å²) >= 11 is 0. The second-order valence-corrected chi connectivity index (χ2v) is 15.7. The van der Waals surface area contributed by atoms with Gasteiger partial charge in [0.1, 0.15) is 0 Å². The van der Waals surface area contributed by atoms with Crippen LogP contribution in [0.15, 0.2) is 206 Å². The van der Waals surface area contributed by atoms with Crippen molar-refractivity contribution in [2.75, 3.05) is 0 Å². The third kappa shape index (κ3) is 5.41. The van der Waals surface area contributed by atoms with Crippen molar-refractivity contribution in [1.82, 2.24) is 4.40 Å². The molecule has 0 amide bonds. The molecule has 10 aromatic carbocycles. The van der Waals surface area contributed by atoms with Gasteiger partial charge in [0.25, 0.3) is 0 Å². The van der Waals surface area contributed by atoms with Crippen molar-refractivity contribution >= 4 is 65.3 Å². The number of hydrogen-bond donors (Lipinski definition) is 0. The molecule has 0 aliphatic rings. The van der Waals surface area contributed by atoms with Crippen LogP contribution >= 0.6 is 0 Å². The molecule has 2 aromatic heterocycles. The molecule has 0 saturated heterocycles. The minimum Gasteiger partial charge on any atom is -0.308 e. The maximum absolute atomic E-state index is 7.51. The molecule has 12 aromatic rings. The van der Waals surface area contributed by atoms with Crippen LogP contribution in [-0.4, -0.2) is 4.40 Å². The molecule has 272 valence electrons. The monoisotopic (exact) mass is 746 g/mol. The molecule has 2 heterocycles.